The number of carbonyl (C=O) groups excluding carboxylic acids is 1. The van der Waals surface area contributed by atoms with E-state index in [0.29, 0.717) is 11.0 Å². The third-order valence-electron chi connectivity index (χ3n) is 4.07. The van der Waals surface area contributed by atoms with E-state index in [-0.39, 0.29) is 26.2 Å². The minimum Gasteiger partial charge on any atom is -0.480 e. The Morgan fingerprint density at radius 1 is 1.30 bits per heavy atom. The lowest BCUT2D eigenvalue weighted by molar-refractivity contribution is -0.385. The highest BCUT2D eigenvalue weighted by atomic mass is 32.2. The molecule has 1 amide bonds. The van der Waals surface area contributed by atoms with Crippen molar-refractivity contribution in [2.75, 3.05) is 6.54 Å². The number of thioether (sulfide) groups is 1. The van der Waals surface area contributed by atoms with E-state index in [1.807, 2.05) is 0 Å². The lowest BCUT2D eigenvalue weighted by Crippen LogP contribution is -2.33. The van der Waals surface area contributed by atoms with Gasteiger partial charge in [-0.3, -0.25) is 33.7 Å². The van der Waals surface area contributed by atoms with Gasteiger partial charge in [0.1, 0.15) is 10.9 Å². The van der Waals surface area contributed by atoms with Crippen LogP contribution >= 0.6 is 24.0 Å². The molecule has 1 saturated heterocycles. The van der Waals surface area contributed by atoms with Gasteiger partial charge in [-0.1, -0.05) is 24.0 Å². The molecule has 140 valence electrons. The van der Waals surface area contributed by atoms with Gasteiger partial charge in [0, 0.05) is 20.2 Å². The maximum atomic E-state index is 12.4. The second-order valence-electron chi connectivity index (χ2n) is 5.72. The quantitative estimate of drug-likeness (QED) is 0.344. The normalized spacial score (nSPS) is 15.9. The first-order valence-corrected chi connectivity index (χ1v) is 8.65. The van der Waals surface area contributed by atoms with Crippen molar-refractivity contribution >= 4 is 63.0 Å². The highest BCUT2D eigenvalue weighted by Gasteiger charge is 2.34. The lowest BCUT2D eigenvalue weighted by atomic mass is 10.1. The van der Waals surface area contributed by atoms with Crippen molar-refractivity contribution in [3.05, 3.63) is 43.2 Å². The number of rotatable bonds is 4. The summed E-state index contributed by atoms with van der Waals surface area (Å²) in [5.41, 5.74) is 0.325. The fourth-order valence-corrected chi connectivity index (χ4v) is 3.98. The van der Waals surface area contributed by atoms with Crippen molar-refractivity contribution in [1.82, 2.24) is 14.0 Å². The van der Waals surface area contributed by atoms with Gasteiger partial charge < -0.3 is 5.11 Å². The Morgan fingerprint density at radius 3 is 2.44 bits per heavy atom. The molecule has 0 atom stereocenters. The number of imidazole rings is 1. The zero-order valence-corrected chi connectivity index (χ0v) is 15.7. The van der Waals surface area contributed by atoms with Crippen LogP contribution in [-0.2, 0) is 23.7 Å². The summed E-state index contributed by atoms with van der Waals surface area (Å²) in [5, 5.41) is 20.3. The van der Waals surface area contributed by atoms with Gasteiger partial charge >= 0.3 is 11.7 Å². The zero-order chi connectivity index (χ0) is 20.0. The highest BCUT2D eigenvalue weighted by molar-refractivity contribution is 8.26. The summed E-state index contributed by atoms with van der Waals surface area (Å²) in [4.78, 5) is 47.2. The summed E-state index contributed by atoms with van der Waals surface area (Å²) in [6.45, 7) is -0.587. The number of aliphatic carboxylic acids is 1. The first-order valence-electron chi connectivity index (χ1n) is 7.43. The van der Waals surface area contributed by atoms with Crippen LogP contribution < -0.4 is 5.69 Å². The number of aromatic nitrogens is 2. The van der Waals surface area contributed by atoms with E-state index in [2.05, 4.69) is 0 Å². The number of amides is 1. The molecule has 12 heteroatoms. The summed E-state index contributed by atoms with van der Waals surface area (Å²) in [6.07, 6.45) is 1.29. The zero-order valence-electron chi connectivity index (χ0n) is 14.0. The number of thiocarbonyl (C=S) groups is 1. The van der Waals surface area contributed by atoms with Crippen molar-refractivity contribution in [2.45, 2.75) is 0 Å². The Balaban J connectivity index is 2.16. The molecule has 1 N–H and O–H groups in total. The predicted octanol–water partition coefficient (Wildman–Crippen LogP) is 1.07. The van der Waals surface area contributed by atoms with Crippen LogP contribution in [0.4, 0.5) is 5.69 Å². The van der Waals surface area contributed by atoms with Crippen LogP contribution in [0.5, 0.6) is 0 Å². The molecule has 1 aromatic carbocycles. The second kappa shape index (κ2) is 6.63. The smallest absolute Gasteiger partial charge is 0.328 e. The van der Waals surface area contributed by atoms with Crippen LogP contribution in [0.25, 0.3) is 17.1 Å². The maximum absolute atomic E-state index is 12.4. The number of hydrogen-bond acceptors (Lipinski definition) is 7. The Hall–Kier alpha value is -2.99. The number of nitro benzene ring substituents is 1. The number of benzene rings is 1. The van der Waals surface area contributed by atoms with Crippen molar-refractivity contribution in [3.63, 3.8) is 0 Å². The van der Waals surface area contributed by atoms with Gasteiger partial charge in [0.25, 0.3) is 11.6 Å². The van der Waals surface area contributed by atoms with E-state index < -0.39 is 23.3 Å². The fraction of sp³-hybridized carbons (Fsp3) is 0.200. The first kappa shape index (κ1) is 18.8. The van der Waals surface area contributed by atoms with Crippen molar-refractivity contribution in [2.24, 2.45) is 14.1 Å². The molecule has 0 unspecified atom stereocenters. The Morgan fingerprint density at radius 2 is 1.89 bits per heavy atom. The van der Waals surface area contributed by atoms with Gasteiger partial charge in [0.05, 0.1) is 26.4 Å². The third-order valence-corrected chi connectivity index (χ3v) is 5.45. The van der Waals surface area contributed by atoms with Crippen LogP contribution in [0.15, 0.2) is 21.8 Å². The maximum Gasteiger partial charge on any atom is 0.328 e. The molecule has 0 bridgehead atoms. The molecule has 1 aliphatic rings. The Kier molecular flexibility index (Phi) is 4.61. The summed E-state index contributed by atoms with van der Waals surface area (Å²) >= 11 is 5.88. The summed E-state index contributed by atoms with van der Waals surface area (Å²) in [7, 11) is 3.04. The number of fused-ring (bicyclic) bond motifs is 1. The summed E-state index contributed by atoms with van der Waals surface area (Å²) < 4.78 is 2.69. The number of nitrogens with zero attached hydrogens (tertiary/aromatic N) is 4. The molecule has 2 heterocycles. The molecule has 0 spiro atoms. The minimum atomic E-state index is -1.22. The van der Waals surface area contributed by atoms with Crippen LogP contribution in [0, 0.1) is 10.1 Å². The van der Waals surface area contributed by atoms with Gasteiger partial charge in [0.15, 0.2) is 0 Å². The number of carboxylic acids is 1. The van der Waals surface area contributed by atoms with Crippen molar-refractivity contribution in [3.8, 4) is 0 Å². The minimum absolute atomic E-state index is 0.0597. The molecule has 1 fully saturated rings. The van der Waals surface area contributed by atoms with E-state index in [0.717, 1.165) is 16.7 Å². The lowest BCUT2D eigenvalue weighted by Gasteiger charge is -2.10. The van der Waals surface area contributed by atoms with Crippen LogP contribution in [0.1, 0.15) is 5.56 Å². The van der Waals surface area contributed by atoms with Gasteiger partial charge in [-0.15, -0.1) is 0 Å². The van der Waals surface area contributed by atoms with Crippen molar-refractivity contribution < 1.29 is 19.6 Å². The van der Waals surface area contributed by atoms with Gasteiger partial charge in [0.2, 0.25) is 0 Å². The molecule has 3 rings (SSSR count). The first-order chi connectivity index (χ1) is 12.6. The molecule has 1 aliphatic heterocycles. The van der Waals surface area contributed by atoms with Gasteiger partial charge in [-0.05, 0) is 12.1 Å². The van der Waals surface area contributed by atoms with E-state index in [9.17, 15) is 24.5 Å². The summed E-state index contributed by atoms with van der Waals surface area (Å²) in [5.74, 6) is -1.86. The van der Waals surface area contributed by atoms with Crippen LogP contribution in [0.3, 0.4) is 0 Å². The Labute approximate surface area is 160 Å². The number of carboxylic acid groups (broad SMARTS) is 1. The Bertz CT molecular complexity index is 1130. The molecule has 0 aliphatic carbocycles. The molecule has 2 aromatic rings. The van der Waals surface area contributed by atoms with Gasteiger partial charge in [-0.25, -0.2) is 4.79 Å². The fourth-order valence-electron chi connectivity index (χ4n) is 2.74. The topological polar surface area (TPSA) is 128 Å². The number of carbonyl (C=O) groups is 2. The molecular weight excluding hydrogens is 396 g/mol. The number of nitro groups is 1. The summed E-state index contributed by atoms with van der Waals surface area (Å²) in [6, 6.07) is 2.71. The molecule has 10 nitrogen and oxygen atoms in total. The van der Waals surface area contributed by atoms with E-state index >= 15 is 0 Å². The molecule has 0 saturated carbocycles. The standard InChI is InChI=1S/C15H12N4O6S2/c1-16-9-3-7(8(19(24)25)5-10(9)17(2)14(16)23)4-11-13(22)18(6-12(20)21)15(26)27-11/h3-5H,6H2,1-2H3,(H,20,21)/b11-4-. The monoisotopic (exact) mass is 408 g/mol. The average molecular weight is 408 g/mol. The molecule has 1 aromatic heterocycles. The van der Waals surface area contributed by atoms with E-state index in [1.54, 1.807) is 0 Å². The third kappa shape index (κ3) is 3.13. The van der Waals surface area contributed by atoms with Crippen LogP contribution in [-0.4, -0.2) is 46.8 Å². The average Bonchev–Trinajstić information content (AvgIpc) is 2.97. The number of aryl methyl sites for hydroxylation is 2. The number of hydrogen-bond donors (Lipinski definition) is 1. The predicted molar refractivity (Wildman–Crippen MR) is 102 cm³/mol. The second-order valence-corrected chi connectivity index (χ2v) is 7.39. The largest absolute Gasteiger partial charge is 0.480 e. The SMILES string of the molecule is Cn1c(=O)n(C)c2cc([N+](=O)[O-])c(/C=C3\SC(=S)N(CC(=O)O)C3=O)cc21. The highest BCUT2D eigenvalue weighted by Crippen LogP contribution is 2.35. The molecule has 27 heavy (non-hydrogen) atoms. The van der Waals surface area contributed by atoms with Crippen LogP contribution in [0.2, 0.25) is 0 Å². The van der Waals surface area contributed by atoms with E-state index in [1.165, 1.54) is 41.4 Å². The molecular formula is C15H12N4O6S2. The molecule has 0 radical (unpaired) electrons. The van der Waals surface area contributed by atoms with Gasteiger partial charge in [-0.2, -0.15) is 0 Å². The van der Waals surface area contributed by atoms with E-state index in [4.69, 9.17) is 17.3 Å². The van der Waals surface area contributed by atoms with Crippen molar-refractivity contribution in [1.29, 1.82) is 0 Å².